The summed E-state index contributed by atoms with van der Waals surface area (Å²) in [4.78, 5) is 45.0. The molecule has 0 aromatic heterocycles. The van der Waals surface area contributed by atoms with Crippen molar-refractivity contribution in [2.24, 2.45) is 4.99 Å². The molecule has 168 valence electrons. The Balaban J connectivity index is 2.08. The van der Waals surface area contributed by atoms with Crippen molar-refractivity contribution in [3.05, 3.63) is 95.7 Å². The SMILES string of the molecule is CCOC(=O)C(CN(C)C)=NC=C(C(=O)c1ccccc1)C(=O)c1ccc2ccccc2c1. The zero-order chi connectivity index (χ0) is 23.8. The maximum absolute atomic E-state index is 13.4. The van der Waals surface area contributed by atoms with E-state index in [1.807, 2.05) is 30.3 Å². The third-order valence-corrected chi connectivity index (χ3v) is 4.86. The third-order valence-electron chi connectivity index (χ3n) is 4.86. The first-order valence-corrected chi connectivity index (χ1v) is 10.6. The first-order valence-electron chi connectivity index (χ1n) is 10.6. The van der Waals surface area contributed by atoms with E-state index in [1.54, 1.807) is 68.4 Å². The lowest BCUT2D eigenvalue weighted by Gasteiger charge is -2.11. The van der Waals surface area contributed by atoms with Crippen LogP contribution in [0.5, 0.6) is 0 Å². The number of aliphatic imine (C=N–C) groups is 1. The lowest BCUT2D eigenvalue weighted by molar-refractivity contribution is -0.135. The van der Waals surface area contributed by atoms with Gasteiger partial charge in [-0.2, -0.15) is 0 Å². The Hall–Kier alpha value is -3.90. The highest BCUT2D eigenvalue weighted by atomic mass is 16.5. The summed E-state index contributed by atoms with van der Waals surface area (Å²) >= 11 is 0. The number of fused-ring (bicyclic) bond motifs is 1. The van der Waals surface area contributed by atoms with Crippen LogP contribution in [0.2, 0.25) is 0 Å². The number of carbonyl (C=O) groups is 3. The first kappa shape index (κ1) is 23.8. The van der Waals surface area contributed by atoms with E-state index in [0.717, 1.165) is 10.8 Å². The highest BCUT2D eigenvalue weighted by Gasteiger charge is 2.22. The largest absolute Gasteiger partial charge is 0.461 e. The molecule has 0 saturated carbocycles. The van der Waals surface area contributed by atoms with Crippen molar-refractivity contribution in [1.29, 1.82) is 0 Å². The zero-order valence-corrected chi connectivity index (χ0v) is 18.9. The number of hydrogen-bond donors (Lipinski definition) is 0. The van der Waals surface area contributed by atoms with Gasteiger partial charge in [0.2, 0.25) is 0 Å². The van der Waals surface area contributed by atoms with E-state index in [-0.39, 0.29) is 24.4 Å². The van der Waals surface area contributed by atoms with Gasteiger partial charge in [0.25, 0.3) is 0 Å². The van der Waals surface area contributed by atoms with Gasteiger partial charge in [-0.15, -0.1) is 0 Å². The summed E-state index contributed by atoms with van der Waals surface area (Å²) in [6.07, 6.45) is 1.18. The summed E-state index contributed by atoms with van der Waals surface area (Å²) in [5, 5.41) is 1.88. The average Bonchev–Trinajstić information content (AvgIpc) is 2.83. The van der Waals surface area contributed by atoms with Gasteiger partial charge in [-0.3, -0.25) is 14.6 Å². The standard InChI is InChI=1S/C27H26N2O4/c1-4-33-27(32)24(18-29(2)3)28-17-23(25(30)20-11-6-5-7-12-20)26(31)22-15-14-19-10-8-9-13-21(19)16-22/h5-17H,4,18H2,1-3H3. The molecule has 3 aromatic rings. The number of esters is 1. The molecule has 0 heterocycles. The lowest BCUT2D eigenvalue weighted by atomic mass is 9.95. The number of carbonyl (C=O) groups excluding carboxylic acids is 3. The molecule has 0 aliphatic carbocycles. The molecule has 0 fully saturated rings. The average molecular weight is 443 g/mol. The van der Waals surface area contributed by atoms with Gasteiger partial charge in [0, 0.05) is 23.9 Å². The summed E-state index contributed by atoms with van der Waals surface area (Å²) < 4.78 is 5.08. The summed E-state index contributed by atoms with van der Waals surface area (Å²) in [5.41, 5.74) is 0.701. The molecule has 0 bridgehead atoms. The van der Waals surface area contributed by atoms with Gasteiger partial charge in [-0.05, 0) is 37.9 Å². The Bertz CT molecular complexity index is 1230. The Morgan fingerprint density at radius 3 is 2.15 bits per heavy atom. The zero-order valence-electron chi connectivity index (χ0n) is 18.9. The van der Waals surface area contributed by atoms with Crippen molar-refractivity contribution in [3.63, 3.8) is 0 Å². The van der Waals surface area contributed by atoms with Crippen LogP contribution in [0.4, 0.5) is 0 Å². The normalized spacial score (nSPS) is 12.1. The second kappa shape index (κ2) is 11.1. The van der Waals surface area contributed by atoms with E-state index >= 15 is 0 Å². The van der Waals surface area contributed by atoms with Crippen LogP contribution < -0.4 is 0 Å². The Morgan fingerprint density at radius 1 is 0.848 bits per heavy atom. The fraction of sp³-hybridized carbons (Fsp3) is 0.185. The topological polar surface area (TPSA) is 76.0 Å². The van der Waals surface area contributed by atoms with Crippen LogP contribution in [0, 0.1) is 0 Å². The van der Waals surface area contributed by atoms with E-state index < -0.39 is 17.5 Å². The van der Waals surface area contributed by atoms with E-state index in [4.69, 9.17) is 4.74 Å². The molecule has 0 unspecified atom stereocenters. The summed E-state index contributed by atoms with van der Waals surface area (Å²) in [6, 6.07) is 21.5. The number of Topliss-reactive ketones (excluding diaryl/α,β-unsaturated/α-hetero) is 2. The minimum absolute atomic E-state index is 0.103. The predicted octanol–water partition coefficient (Wildman–Crippen LogP) is 4.36. The maximum Gasteiger partial charge on any atom is 0.354 e. The van der Waals surface area contributed by atoms with Crippen LogP contribution >= 0.6 is 0 Å². The number of nitrogens with zero attached hydrogens (tertiary/aromatic N) is 2. The van der Waals surface area contributed by atoms with Crippen molar-refractivity contribution < 1.29 is 19.1 Å². The van der Waals surface area contributed by atoms with Gasteiger partial charge in [0.15, 0.2) is 11.6 Å². The number of ketones is 2. The van der Waals surface area contributed by atoms with Crippen molar-refractivity contribution in [2.75, 3.05) is 27.2 Å². The fourth-order valence-electron chi connectivity index (χ4n) is 3.27. The Kier molecular flexibility index (Phi) is 8.00. The molecule has 0 spiro atoms. The molecular weight excluding hydrogens is 416 g/mol. The van der Waals surface area contributed by atoms with Crippen molar-refractivity contribution in [1.82, 2.24) is 4.90 Å². The molecule has 0 aliphatic heterocycles. The van der Waals surface area contributed by atoms with Gasteiger partial charge in [-0.1, -0.05) is 66.7 Å². The number of benzene rings is 3. The lowest BCUT2D eigenvalue weighted by Crippen LogP contribution is -2.29. The monoisotopic (exact) mass is 442 g/mol. The first-order chi connectivity index (χ1) is 15.9. The molecule has 0 radical (unpaired) electrons. The molecule has 0 aliphatic rings. The minimum atomic E-state index is -0.591. The molecule has 3 aromatic carbocycles. The van der Waals surface area contributed by atoms with E-state index in [9.17, 15) is 14.4 Å². The minimum Gasteiger partial charge on any atom is -0.461 e. The molecule has 0 N–H and O–H groups in total. The van der Waals surface area contributed by atoms with Crippen LogP contribution in [0.1, 0.15) is 27.6 Å². The summed E-state index contributed by atoms with van der Waals surface area (Å²) in [5.74, 6) is -1.52. The fourth-order valence-corrected chi connectivity index (χ4v) is 3.27. The van der Waals surface area contributed by atoms with Gasteiger partial charge >= 0.3 is 5.97 Å². The maximum atomic E-state index is 13.4. The van der Waals surface area contributed by atoms with Crippen LogP contribution in [0.25, 0.3) is 10.8 Å². The molecule has 6 heteroatoms. The number of ether oxygens (including phenoxy) is 1. The number of allylic oxidation sites excluding steroid dienone is 1. The molecular formula is C27H26N2O4. The molecule has 3 rings (SSSR count). The van der Waals surface area contributed by atoms with Gasteiger partial charge in [0.05, 0.1) is 12.2 Å². The number of hydrogen-bond acceptors (Lipinski definition) is 6. The third kappa shape index (κ3) is 6.08. The molecule has 0 amide bonds. The molecule has 6 nitrogen and oxygen atoms in total. The van der Waals surface area contributed by atoms with Crippen molar-refractivity contribution in [3.8, 4) is 0 Å². The highest BCUT2D eigenvalue weighted by molar-refractivity contribution is 6.38. The van der Waals surface area contributed by atoms with E-state index in [0.29, 0.717) is 11.1 Å². The van der Waals surface area contributed by atoms with Crippen molar-refractivity contribution >= 4 is 34.0 Å². The Morgan fingerprint density at radius 2 is 1.48 bits per heavy atom. The van der Waals surface area contributed by atoms with Gasteiger partial charge in [0.1, 0.15) is 5.71 Å². The molecule has 33 heavy (non-hydrogen) atoms. The van der Waals surface area contributed by atoms with Crippen LogP contribution in [0.15, 0.2) is 89.6 Å². The van der Waals surface area contributed by atoms with Crippen LogP contribution in [-0.4, -0.2) is 55.4 Å². The van der Waals surface area contributed by atoms with Gasteiger partial charge < -0.3 is 9.64 Å². The number of rotatable bonds is 9. The Labute approximate surface area is 193 Å². The molecule has 0 saturated heterocycles. The summed E-state index contributed by atoms with van der Waals surface area (Å²) in [7, 11) is 3.57. The van der Waals surface area contributed by atoms with E-state index in [1.165, 1.54) is 6.20 Å². The van der Waals surface area contributed by atoms with Gasteiger partial charge in [-0.25, -0.2) is 4.79 Å². The highest BCUT2D eigenvalue weighted by Crippen LogP contribution is 2.20. The second-order valence-corrected chi connectivity index (χ2v) is 7.66. The van der Waals surface area contributed by atoms with Crippen LogP contribution in [0.3, 0.4) is 0 Å². The van der Waals surface area contributed by atoms with E-state index in [2.05, 4.69) is 4.99 Å². The second-order valence-electron chi connectivity index (χ2n) is 7.66. The quantitative estimate of drug-likeness (QED) is 0.123. The smallest absolute Gasteiger partial charge is 0.354 e. The predicted molar refractivity (Wildman–Crippen MR) is 130 cm³/mol. The van der Waals surface area contributed by atoms with Crippen LogP contribution in [-0.2, 0) is 9.53 Å². The molecule has 0 atom stereocenters. The summed E-state index contributed by atoms with van der Waals surface area (Å²) in [6.45, 7) is 2.10. The van der Waals surface area contributed by atoms with Crippen molar-refractivity contribution in [2.45, 2.75) is 6.92 Å².